The van der Waals surface area contributed by atoms with Crippen molar-refractivity contribution in [1.29, 1.82) is 0 Å². The molecule has 0 aliphatic rings. The highest BCUT2D eigenvalue weighted by Gasteiger charge is 2.08. The van der Waals surface area contributed by atoms with Crippen LogP contribution < -0.4 is 10.1 Å². The van der Waals surface area contributed by atoms with Crippen molar-refractivity contribution in [3.63, 3.8) is 0 Å². The van der Waals surface area contributed by atoms with E-state index in [1.807, 2.05) is 30.3 Å². The predicted molar refractivity (Wildman–Crippen MR) is 76.1 cm³/mol. The molecular weight excluding hydrogens is 222 g/mol. The molecule has 0 radical (unpaired) electrons. The smallest absolute Gasteiger partial charge is 0.119 e. The molecule has 0 saturated carbocycles. The Labute approximate surface area is 109 Å². The van der Waals surface area contributed by atoms with E-state index in [9.17, 15) is 0 Å². The third-order valence-electron chi connectivity index (χ3n) is 3.04. The highest BCUT2D eigenvalue weighted by Crippen LogP contribution is 2.23. The highest BCUT2D eigenvalue weighted by atomic mass is 16.5. The van der Waals surface area contributed by atoms with Gasteiger partial charge in [-0.1, -0.05) is 37.3 Å². The Bertz CT molecular complexity index is 464. The predicted octanol–water partition coefficient (Wildman–Crippen LogP) is 4.26. The first-order chi connectivity index (χ1) is 8.83. The first-order valence-electron chi connectivity index (χ1n) is 6.29. The maximum Gasteiger partial charge on any atom is 0.119 e. The lowest BCUT2D eigenvalue weighted by atomic mass is 10.0. The zero-order valence-corrected chi connectivity index (χ0v) is 10.9. The van der Waals surface area contributed by atoms with Crippen LogP contribution in [0.1, 0.15) is 24.9 Å². The molecule has 1 unspecified atom stereocenters. The number of rotatable bonds is 5. The summed E-state index contributed by atoms with van der Waals surface area (Å²) in [5, 5.41) is 3.54. The molecule has 2 nitrogen and oxygen atoms in total. The minimum absolute atomic E-state index is 0.347. The number of nitrogens with one attached hydrogen (secondary N) is 1. The molecule has 18 heavy (non-hydrogen) atoms. The van der Waals surface area contributed by atoms with E-state index in [0.717, 1.165) is 17.9 Å². The number of ether oxygens (including phenoxy) is 1. The van der Waals surface area contributed by atoms with Gasteiger partial charge in [0.1, 0.15) is 5.75 Å². The molecule has 1 N–H and O–H groups in total. The van der Waals surface area contributed by atoms with Gasteiger partial charge in [-0.05, 0) is 36.2 Å². The molecule has 0 amide bonds. The summed E-state index contributed by atoms with van der Waals surface area (Å²) in [6, 6.07) is 18.9. The molecule has 2 rings (SSSR count). The molecule has 0 spiro atoms. The van der Waals surface area contributed by atoms with Crippen LogP contribution in [0.15, 0.2) is 54.6 Å². The fourth-order valence-corrected chi connectivity index (χ4v) is 1.99. The lowest BCUT2D eigenvalue weighted by molar-refractivity contribution is 0.415. The van der Waals surface area contributed by atoms with Crippen molar-refractivity contribution in [3.05, 3.63) is 60.2 Å². The SMILES string of the molecule is CCC(Nc1ccc(OC)cc1)c1ccccc1. The topological polar surface area (TPSA) is 21.3 Å². The van der Waals surface area contributed by atoms with Crippen LogP contribution in [0.3, 0.4) is 0 Å². The van der Waals surface area contributed by atoms with Crippen LogP contribution in [-0.2, 0) is 0 Å². The Morgan fingerprint density at radius 1 is 1.00 bits per heavy atom. The molecule has 2 aromatic rings. The highest BCUT2D eigenvalue weighted by molar-refractivity contribution is 5.48. The van der Waals surface area contributed by atoms with E-state index >= 15 is 0 Å². The molecule has 94 valence electrons. The van der Waals surface area contributed by atoms with Gasteiger partial charge in [-0.3, -0.25) is 0 Å². The molecule has 0 bridgehead atoms. The van der Waals surface area contributed by atoms with E-state index in [-0.39, 0.29) is 0 Å². The summed E-state index contributed by atoms with van der Waals surface area (Å²) in [5.41, 5.74) is 2.43. The summed E-state index contributed by atoms with van der Waals surface area (Å²) in [6.07, 6.45) is 1.05. The average molecular weight is 241 g/mol. The van der Waals surface area contributed by atoms with Gasteiger partial charge in [0.05, 0.1) is 13.2 Å². The summed E-state index contributed by atoms with van der Waals surface area (Å²) < 4.78 is 5.16. The normalized spacial score (nSPS) is 11.9. The second kappa shape index (κ2) is 6.10. The van der Waals surface area contributed by atoms with E-state index in [1.165, 1.54) is 5.56 Å². The van der Waals surface area contributed by atoms with Gasteiger partial charge in [0.2, 0.25) is 0 Å². The fourth-order valence-electron chi connectivity index (χ4n) is 1.99. The van der Waals surface area contributed by atoms with E-state index < -0.39 is 0 Å². The monoisotopic (exact) mass is 241 g/mol. The van der Waals surface area contributed by atoms with Gasteiger partial charge in [-0.25, -0.2) is 0 Å². The van der Waals surface area contributed by atoms with Gasteiger partial charge < -0.3 is 10.1 Å². The van der Waals surface area contributed by atoms with Crippen molar-refractivity contribution < 1.29 is 4.74 Å². The molecule has 0 aliphatic carbocycles. The molecule has 0 aliphatic heterocycles. The van der Waals surface area contributed by atoms with Crippen LogP contribution in [0.5, 0.6) is 5.75 Å². The van der Waals surface area contributed by atoms with Crippen molar-refractivity contribution in [2.24, 2.45) is 0 Å². The van der Waals surface area contributed by atoms with Gasteiger partial charge in [0, 0.05) is 5.69 Å². The minimum Gasteiger partial charge on any atom is -0.497 e. The molecule has 0 aromatic heterocycles. The second-order valence-corrected chi connectivity index (χ2v) is 4.24. The first kappa shape index (κ1) is 12.5. The molecule has 0 saturated heterocycles. The molecule has 0 fully saturated rings. The van der Waals surface area contributed by atoms with Gasteiger partial charge in [-0.2, -0.15) is 0 Å². The van der Waals surface area contributed by atoms with Gasteiger partial charge >= 0.3 is 0 Å². The van der Waals surface area contributed by atoms with Crippen molar-refractivity contribution in [1.82, 2.24) is 0 Å². The van der Waals surface area contributed by atoms with Crippen LogP contribution in [0, 0.1) is 0 Å². The minimum atomic E-state index is 0.347. The standard InChI is InChI=1S/C16H19NO/c1-3-16(13-7-5-4-6-8-13)17-14-9-11-15(18-2)12-10-14/h4-12,16-17H,3H2,1-2H3. The number of hydrogen-bond acceptors (Lipinski definition) is 2. The van der Waals surface area contributed by atoms with E-state index in [4.69, 9.17) is 4.74 Å². The number of hydrogen-bond donors (Lipinski definition) is 1. The largest absolute Gasteiger partial charge is 0.497 e. The third kappa shape index (κ3) is 3.04. The Balaban J connectivity index is 2.10. The molecule has 0 heterocycles. The molecule has 1 atom stereocenters. The summed E-state index contributed by atoms with van der Waals surface area (Å²) in [4.78, 5) is 0. The maximum absolute atomic E-state index is 5.16. The van der Waals surface area contributed by atoms with Gasteiger partial charge in [0.15, 0.2) is 0 Å². The average Bonchev–Trinajstić information content (AvgIpc) is 2.46. The zero-order valence-electron chi connectivity index (χ0n) is 10.9. The molecular formula is C16H19NO. The Morgan fingerprint density at radius 3 is 2.22 bits per heavy atom. The van der Waals surface area contributed by atoms with Crippen LogP contribution in [0.2, 0.25) is 0 Å². The third-order valence-corrected chi connectivity index (χ3v) is 3.04. The van der Waals surface area contributed by atoms with E-state index in [1.54, 1.807) is 7.11 Å². The van der Waals surface area contributed by atoms with Crippen molar-refractivity contribution in [3.8, 4) is 5.75 Å². The van der Waals surface area contributed by atoms with Crippen molar-refractivity contribution in [2.75, 3.05) is 12.4 Å². The summed E-state index contributed by atoms with van der Waals surface area (Å²) in [7, 11) is 1.68. The first-order valence-corrected chi connectivity index (χ1v) is 6.29. The van der Waals surface area contributed by atoms with Crippen LogP contribution in [0.25, 0.3) is 0 Å². The van der Waals surface area contributed by atoms with E-state index in [2.05, 4.69) is 36.5 Å². The lowest BCUT2D eigenvalue weighted by Gasteiger charge is -2.19. The molecule has 2 aromatic carbocycles. The quantitative estimate of drug-likeness (QED) is 0.844. The van der Waals surface area contributed by atoms with Gasteiger partial charge in [-0.15, -0.1) is 0 Å². The van der Waals surface area contributed by atoms with Crippen molar-refractivity contribution in [2.45, 2.75) is 19.4 Å². The number of benzene rings is 2. The zero-order chi connectivity index (χ0) is 12.8. The van der Waals surface area contributed by atoms with Crippen LogP contribution in [0.4, 0.5) is 5.69 Å². The van der Waals surface area contributed by atoms with Gasteiger partial charge in [0.25, 0.3) is 0 Å². The summed E-state index contributed by atoms with van der Waals surface area (Å²) >= 11 is 0. The van der Waals surface area contributed by atoms with Crippen LogP contribution >= 0.6 is 0 Å². The Hall–Kier alpha value is -1.96. The van der Waals surface area contributed by atoms with E-state index in [0.29, 0.717) is 6.04 Å². The number of methoxy groups -OCH3 is 1. The number of anilines is 1. The Kier molecular flexibility index (Phi) is 4.24. The fraction of sp³-hybridized carbons (Fsp3) is 0.250. The second-order valence-electron chi connectivity index (χ2n) is 4.24. The summed E-state index contributed by atoms with van der Waals surface area (Å²) in [6.45, 7) is 2.19. The van der Waals surface area contributed by atoms with Crippen LogP contribution in [-0.4, -0.2) is 7.11 Å². The van der Waals surface area contributed by atoms with Crippen molar-refractivity contribution >= 4 is 5.69 Å². The Morgan fingerprint density at radius 2 is 1.67 bits per heavy atom. The lowest BCUT2D eigenvalue weighted by Crippen LogP contribution is -2.09. The maximum atomic E-state index is 5.16. The molecule has 2 heteroatoms. The summed E-state index contributed by atoms with van der Waals surface area (Å²) in [5.74, 6) is 0.883.